The summed E-state index contributed by atoms with van der Waals surface area (Å²) in [4.78, 5) is 15.4. The van der Waals surface area contributed by atoms with Gasteiger partial charge in [0.15, 0.2) is 11.5 Å². The van der Waals surface area contributed by atoms with E-state index in [2.05, 4.69) is 20.8 Å². The van der Waals surface area contributed by atoms with Crippen molar-refractivity contribution >= 4 is 11.8 Å². The maximum atomic E-state index is 12.7. The van der Waals surface area contributed by atoms with Crippen LogP contribution in [0.1, 0.15) is 23.7 Å². The summed E-state index contributed by atoms with van der Waals surface area (Å²) < 4.78 is 44.4. The van der Waals surface area contributed by atoms with Gasteiger partial charge in [0.05, 0.1) is 0 Å². The number of carbonyl (C=O) groups is 1. The molecule has 2 aromatic heterocycles. The molecule has 0 unspecified atom stereocenters. The average molecular weight is 343 g/mol. The largest absolute Gasteiger partial charge is 0.434 e. The van der Waals surface area contributed by atoms with E-state index in [0.717, 1.165) is 6.20 Å². The van der Waals surface area contributed by atoms with Crippen molar-refractivity contribution in [2.45, 2.75) is 32.5 Å². The number of nitrogens with one attached hydrogen (secondary N) is 2. The van der Waals surface area contributed by atoms with Gasteiger partial charge in [-0.2, -0.15) is 13.2 Å². The van der Waals surface area contributed by atoms with E-state index in [-0.39, 0.29) is 5.92 Å². The highest BCUT2D eigenvalue weighted by atomic mass is 19.4. The second-order valence-electron chi connectivity index (χ2n) is 5.76. The minimum absolute atomic E-state index is 0.0394. The maximum absolute atomic E-state index is 12.7. The summed E-state index contributed by atoms with van der Waals surface area (Å²) in [5, 5.41) is 8.85. The number of carbonyl (C=O) groups excluding carboxylic acids is 1. The first kappa shape index (κ1) is 16.3. The number of aromatic nitrogens is 3. The Kier molecular flexibility index (Phi) is 4.20. The van der Waals surface area contributed by atoms with E-state index in [1.807, 2.05) is 0 Å². The summed E-state index contributed by atoms with van der Waals surface area (Å²) in [6.07, 6.45) is -2.29. The van der Waals surface area contributed by atoms with Crippen LogP contribution >= 0.6 is 0 Å². The van der Waals surface area contributed by atoms with E-state index in [4.69, 9.17) is 4.52 Å². The second-order valence-corrected chi connectivity index (χ2v) is 5.76. The highest BCUT2D eigenvalue weighted by Gasteiger charge is 2.35. The molecule has 0 radical (unpaired) electrons. The Bertz CT molecular complexity index is 737. The van der Waals surface area contributed by atoms with Crippen LogP contribution in [0.4, 0.5) is 23.8 Å². The van der Waals surface area contributed by atoms with E-state index in [0.29, 0.717) is 43.3 Å². The zero-order valence-electron chi connectivity index (χ0n) is 12.9. The van der Waals surface area contributed by atoms with E-state index >= 15 is 0 Å². The number of alkyl halides is 3. The molecule has 2 amide bonds. The van der Waals surface area contributed by atoms with Gasteiger partial charge in [-0.15, -0.1) is 0 Å². The normalized spacial score (nSPS) is 17.4. The summed E-state index contributed by atoms with van der Waals surface area (Å²) in [7, 11) is 0. The van der Waals surface area contributed by atoms with Crippen LogP contribution in [0.3, 0.4) is 0 Å². The van der Waals surface area contributed by atoms with E-state index in [9.17, 15) is 18.0 Å². The zero-order chi connectivity index (χ0) is 17.3. The topological polar surface area (TPSA) is 85.0 Å². The molecule has 130 valence electrons. The highest BCUT2D eigenvalue weighted by Crippen LogP contribution is 2.30. The van der Waals surface area contributed by atoms with Gasteiger partial charge in [0.25, 0.3) is 0 Å². The zero-order valence-corrected chi connectivity index (χ0v) is 12.9. The number of nitrogens with zero attached hydrogens (tertiary/aromatic N) is 3. The minimum Gasteiger partial charge on any atom is -0.360 e. The Morgan fingerprint density at radius 2 is 2.29 bits per heavy atom. The summed E-state index contributed by atoms with van der Waals surface area (Å²) in [6, 6.07) is 1.15. The van der Waals surface area contributed by atoms with E-state index < -0.39 is 17.9 Å². The fourth-order valence-electron chi connectivity index (χ4n) is 2.64. The van der Waals surface area contributed by atoms with Crippen molar-refractivity contribution in [1.29, 1.82) is 0 Å². The summed E-state index contributed by atoms with van der Waals surface area (Å²) in [5.41, 5.74) is -0.870. The fraction of sp³-hybridized carbons (Fsp3) is 0.500. The van der Waals surface area contributed by atoms with Gasteiger partial charge in [0.1, 0.15) is 11.6 Å². The van der Waals surface area contributed by atoms with Crippen molar-refractivity contribution in [3.05, 3.63) is 29.5 Å². The molecule has 10 heteroatoms. The molecule has 1 aliphatic rings. The third-order valence-corrected chi connectivity index (χ3v) is 3.80. The fourth-order valence-corrected chi connectivity index (χ4v) is 2.64. The molecule has 2 N–H and O–H groups in total. The van der Waals surface area contributed by atoms with Crippen LogP contribution in [0.25, 0.3) is 0 Å². The van der Waals surface area contributed by atoms with Crippen LogP contribution in [0.15, 0.2) is 16.8 Å². The first-order chi connectivity index (χ1) is 11.3. The standard InChI is InChI=1S/C14H16F3N5O2/c1-8-4-11(21-24-8)20-13(23)18-5-9-2-3-12-19-10(14(15,16)17)7-22(12)6-9/h4,7,9H,2-3,5-6H2,1H3,(H2,18,20,21,23)/t9-/m1/s1. The molecule has 0 bridgehead atoms. The van der Waals surface area contributed by atoms with E-state index in [1.165, 1.54) is 4.57 Å². The number of imidazole rings is 1. The second kappa shape index (κ2) is 6.17. The van der Waals surface area contributed by atoms with Crippen LogP contribution in [0.2, 0.25) is 0 Å². The molecular weight excluding hydrogens is 327 g/mol. The van der Waals surface area contributed by atoms with Gasteiger partial charge in [-0.05, 0) is 19.3 Å². The quantitative estimate of drug-likeness (QED) is 0.897. The lowest BCUT2D eigenvalue weighted by molar-refractivity contribution is -0.141. The highest BCUT2D eigenvalue weighted by molar-refractivity contribution is 5.88. The van der Waals surface area contributed by atoms with Crippen molar-refractivity contribution in [2.24, 2.45) is 5.92 Å². The lowest BCUT2D eigenvalue weighted by Crippen LogP contribution is -2.36. The van der Waals surface area contributed by atoms with Crippen molar-refractivity contribution in [2.75, 3.05) is 11.9 Å². The lowest BCUT2D eigenvalue weighted by Gasteiger charge is -2.23. The van der Waals surface area contributed by atoms with Gasteiger partial charge in [0, 0.05) is 31.8 Å². The number of rotatable bonds is 3. The third kappa shape index (κ3) is 3.69. The molecule has 0 spiro atoms. The number of fused-ring (bicyclic) bond motifs is 1. The smallest absolute Gasteiger partial charge is 0.360 e. The Morgan fingerprint density at radius 3 is 2.96 bits per heavy atom. The molecule has 3 rings (SSSR count). The molecule has 0 fully saturated rings. The van der Waals surface area contributed by atoms with Crippen LogP contribution in [-0.4, -0.2) is 27.3 Å². The molecule has 0 aromatic carbocycles. The molecule has 7 nitrogen and oxygen atoms in total. The molecule has 3 heterocycles. The van der Waals surface area contributed by atoms with Gasteiger partial charge in [-0.1, -0.05) is 5.16 Å². The van der Waals surface area contributed by atoms with Crippen molar-refractivity contribution in [1.82, 2.24) is 20.0 Å². The number of hydrogen-bond acceptors (Lipinski definition) is 4. The SMILES string of the molecule is Cc1cc(NC(=O)NC[C@H]2CCc3nc(C(F)(F)F)cn3C2)no1. The molecule has 1 atom stereocenters. The molecule has 1 aliphatic heterocycles. The molecule has 24 heavy (non-hydrogen) atoms. The number of aryl methyl sites for hydroxylation is 2. The summed E-state index contributed by atoms with van der Waals surface area (Å²) in [5.74, 6) is 1.35. The summed E-state index contributed by atoms with van der Waals surface area (Å²) in [6.45, 7) is 2.44. The number of anilines is 1. The Balaban J connectivity index is 1.52. The summed E-state index contributed by atoms with van der Waals surface area (Å²) >= 11 is 0. The predicted octanol–water partition coefficient (Wildman–Crippen LogP) is 2.58. The molecule has 2 aromatic rings. The first-order valence-electron chi connectivity index (χ1n) is 7.42. The Labute approximate surface area is 135 Å². The number of amides is 2. The average Bonchev–Trinajstić information content (AvgIpc) is 3.10. The molecule has 0 aliphatic carbocycles. The Morgan fingerprint density at radius 1 is 1.50 bits per heavy atom. The monoisotopic (exact) mass is 343 g/mol. The van der Waals surface area contributed by atoms with Gasteiger partial charge in [-0.3, -0.25) is 5.32 Å². The molecule has 0 saturated heterocycles. The van der Waals surface area contributed by atoms with Crippen molar-refractivity contribution in [3.63, 3.8) is 0 Å². The number of hydrogen-bond donors (Lipinski definition) is 2. The first-order valence-corrected chi connectivity index (χ1v) is 7.42. The number of urea groups is 1. The lowest BCUT2D eigenvalue weighted by atomic mass is 9.99. The van der Waals surface area contributed by atoms with Gasteiger partial charge >= 0.3 is 12.2 Å². The maximum Gasteiger partial charge on any atom is 0.434 e. The van der Waals surface area contributed by atoms with Crippen LogP contribution < -0.4 is 10.6 Å². The van der Waals surface area contributed by atoms with Gasteiger partial charge in [0.2, 0.25) is 0 Å². The van der Waals surface area contributed by atoms with Crippen molar-refractivity contribution < 1.29 is 22.5 Å². The Hall–Kier alpha value is -2.52. The van der Waals surface area contributed by atoms with Crippen LogP contribution in [-0.2, 0) is 19.1 Å². The van der Waals surface area contributed by atoms with Gasteiger partial charge in [-0.25, -0.2) is 9.78 Å². The van der Waals surface area contributed by atoms with Crippen LogP contribution in [0.5, 0.6) is 0 Å². The van der Waals surface area contributed by atoms with Gasteiger partial charge < -0.3 is 14.4 Å². The third-order valence-electron chi connectivity index (χ3n) is 3.80. The molecular formula is C14H16F3N5O2. The van der Waals surface area contributed by atoms with Crippen molar-refractivity contribution in [3.8, 4) is 0 Å². The van der Waals surface area contributed by atoms with E-state index in [1.54, 1.807) is 13.0 Å². The van der Waals surface area contributed by atoms with Crippen LogP contribution in [0, 0.1) is 12.8 Å². The minimum atomic E-state index is -4.44. The number of halogens is 3. The predicted molar refractivity (Wildman–Crippen MR) is 77.3 cm³/mol. The molecule has 0 saturated carbocycles.